The molecule has 20 heavy (non-hydrogen) atoms. The Bertz CT molecular complexity index is 667. The van der Waals surface area contributed by atoms with Gasteiger partial charge in [-0.1, -0.05) is 17.7 Å². The van der Waals surface area contributed by atoms with Gasteiger partial charge in [-0.05, 0) is 24.6 Å². The molecule has 1 aromatic heterocycles. The molecule has 0 bridgehead atoms. The number of carbonyl (C=O) groups excluding carboxylic acids is 2. The van der Waals surface area contributed by atoms with E-state index in [1.54, 1.807) is 18.2 Å². The topological polar surface area (TPSA) is 74.1 Å². The third-order valence-corrected chi connectivity index (χ3v) is 3.01. The van der Waals surface area contributed by atoms with Crippen molar-refractivity contribution < 1.29 is 14.3 Å². The number of methoxy groups -OCH3 is 1. The average molecular weight is 294 g/mol. The third-order valence-electron chi connectivity index (χ3n) is 2.70. The van der Waals surface area contributed by atoms with Gasteiger partial charge in [0, 0.05) is 5.56 Å². The van der Waals surface area contributed by atoms with Crippen LogP contribution >= 0.6 is 11.6 Å². The maximum absolute atomic E-state index is 12.2. The van der Waals surface area contributed by atoms with Crippen LogP contribution in [0.3, 0.4) is 0 Å². The number of rotatable bonds is 4. The monoisotopic (exact) mass is 293 g/mol. The molecule has 7 heteroatoms. The molecule has 1 heterocycles. The first-order valence-electron chi connectivity index (χ1n) is 5.78. The van der Waals surface area contributed by atoms with E-state index in [1.807, 2.05) is 6.92 Å². The Hall–Kier alpha value is -2.21. The van der Waals surface area contributed by atoms with Crippen molar-refractivity contribution in [1.82, 2.24) is 14.8 Å². The van der Waals surface area contributed by atoms with Crippen molar-refractivity contribution in [3.63, 3.8) is 0 Å². The molecule has 0 spiro atoms. The van der Waals surface area contributed by atoms with Crippen molar-refractivity contribution in [1.29, 1.82) is 0 Å². The van der Waals surface area contributed by atoms with E-state index in [0.717, 1.165) is 5.56 Å². The van der Waals surface area contributed by atoms with Gasteiger partial charge in [0.2, 0.25) is 5.82 Å². The standard InChI is InChI=1S/C13H12ClN3O3/c1-8-3-4-9(10(14)5-8)11(18)6-17-12(13(19)20-2)15-7-16-17/h3-5,7H,6H2,1-2H3. The lowest BCUT2D eigenvalue weighted by Gasteiger charge is -2.06. The molecule has 1 aromatic carbocycles. The molecule has 2 aromatic rings. The molecule has 0 saturated heterocycles. The number of benzene rings is 1. The summed E-state index contributed by atoms with van der Waals surface area (Å²) in [7, 11) is 1.24. The first kappa shape index (κ1) is 14.2. The predicted molar refractivity (Wildman–Crippen MR) is 71.9 cm³/mol. The van der Waals surface area contributed by atoms with E-state index in [0.29, 0.717) is 10.6 Å². The van der Waals surface area contributed by atoms with Crippen LogP contribution in [-0.4, -0.2) is 33.6 Å². The first-order chi connectivity index (χ1) is 9.52. The second-order valence-corrected chi connectivity index (χ2v) is 4.55. The molecule has 0 fully saturated rings. The second-order valence-electron chi connectivity index (χ2n) is 4.14. The van der Waals surface area contributed by atoms with Crippen LogP contribution in [0.15, 0.2) is 24.5 Å². The number of ether oxygens (including phenoxy) is 1. The number of aryl methyl sites for hydroxylation is 1. The van der Waals surface area contributed by atoms with Gasteiger partial charge in [-0.3, -0.25) is 4.79 Å². The maximum Gasteiger partial charge on any atom is 0.375 e. The lowest BCUT2D eigenvalue weighted by molar-refractivity contribution is 0.0579. The van der Waals surface area contributed by atoms with Gasteiger partial charge in [-0.2, -0.15) is 5.10 Å². The van der Waals surface area contributed by atoms with Gasteiger partial charge >= 0.3 is 5.97 Å². The summed E-state index contributed by atoms with van der Waals surface area (Å²) in [5.74, 6) is -0.931. The van der Waals surface area contributed by atoms with Crippen LogP contribution in [0.25, 0.3) is 0 Å². The van der Waals surface area contributed by atoms with Gasteiger partial charge in [-0.25, -0.2) is 14.5 Å². The van der Waals surface area contributed by atoms with Gasteiger partial charge in [0.15, 0.2) is 5.78 Å². The van der Waals surface area contributed by atoms with Crippen molar-refractivity contribution in [2.75, 3.05) is 7.11 Å². The second kappa shape index (κ2) is 5.83. The molecule has 0 aliphatic rings. The Kier molecular flexibility index (Phi) is 4.14. The minimum atomic E-state index is -0.648. The normalized spacial score (nSPS) is 10.3. The number of esters is 1. The molecule has 0 aliphatic carbocycles. The van der Waals surface area contributed by atoms with Crippen LogP contribution in [-0.2, 0) is 11.3 Å². The molecule has 0 unspecified atom stereocenters. The van der Waals surface area contributed by atoms with E-state index in [4.69, 9.17) is 11.6 Å². The average Bonchev–Trinajstić information content (AvgIpc) is 2.85. The number of nitrogens with zero attached hydrogens (tertiary/aromatic N) is 3. The number of carbonyl (C=O) groups is 2. The van der Waals surface area contributed by atoms with Crippen molar-refractivity contribution in [3.8, 4) is 0 Å². The molecule has 6 nitrogen and oxygen atoms in total. The molecular weight excluding hydrogens is 282 g/mol. The van der Waals surface area contributed by atoms with Gasteiger partial charge in [0.05, 0.1) is 12.1 Å². The van der Waals surface area contributed by atoms with Crippen LogP contribution in [0.4, 0.5) is 0 Å². The lowest BCUT2D eigenvalue weighted by atomic mass is 10.1. The van der Waals surface area contributed by atoms with E-state index in [1.165, 1.54) is 18.1 Å². The van der Waals surface area contributed by atoms with Gasteiger partial charge < -0.3 is 4.74 Å². The van der Waals surface area contributed by atoms with E-state index < -0.39 is 5.97 Å². The third kappa shape index (κ3) is 2.85. The first-order valence-corrected chi connectivity index (χ1v) is 6.16. The quantitative estimate of drug-likeness (QED) is 0.636. The van der Waals surface area contributed by atoms with Crippen LogP contribution in [0.2, 0.25) is 5.02 Å². The molecular formula is C13H12ClN3O3. The highest BCUT2D eigenvalue weighted by atomic mass is 35.5. The summed E-state index contributed by atoms with van der Waals surface area (Å²) in [4.78, 5) is 27.4. The number of halogens is 1. The zero-order valence-electron chi connectivity index (χ0n) is 11.0. The predicted octanol–water partition coefficient (Wildman–Crippen LogP) is 1.91. The largest absolute Gasteiger partial charge is 0.463 e. The zero-order valence-corrected chi connectivity index (χ0v) is 11.7. The summed E-state index contributed by atoms with van der Waals surface area (Å²) in [6, 6.07) is 5.15. The summed E-state index contributed by atoms with van der Waals surface area (Å²) in [5.41, 5.74) is 1.34. The smallest absolute Gasteiger partial charge is 0.375 e. The molecule has 0 saturated carbocycles. The zero-order chi connectivity index (χ0) is 14.7. The Morgan fingerprint density at radius 3 is 2.80 bits per heavy atom. The number of hydrogen-bond acceptors (Lipinski definition) is 5. The fourth-order valence-electron chi connectivity index (χ4n) is 1.70. The fourth-order valence-corrected chi connectivity index (χ4v) is 2.04. The van der Waals surface area contributed by atoms with E-state index in [9.17, 15) is 9.59 Å². The molecule has 0 radical (unpaired) electrons. The molecule has 0 atom stereocenters. The SMILES string of the molecule is COC(=O)c1ncnn1CC(=O)c1ccc(C)cc1Cl. The van der Waals surface area contributed by atoms with E-state index in [2.05, 4.69) is 14.8 Å². The Labute approximate surface area is 120 Å². The van der Waals surface area contributed by atoms with Crippen LogP contribution in [0.5, 0.6) is 0 Å². The van der Waals surface area contributed by atoms with Crippen molar-refractivity contribution in [2.45, 2.75) is 13.5 Å². The fraction of sp³-hybridized carbons (Fsp3) is 0.231. The Morgan fingerprint density at radius 2 is 2.15 bits per heavy atom. The minimum absolute atomic E-state index is 0.0240. The van der Waals surface area contributed by atoms with E-state index in [-0.39, 0.29) is 18.2 Å². The molecule has 0 N–H and O–H groups in total. The van der Waals surface area contributed by atoms with Crippen LogP contribution in [0, 0.1) is 6.92 Å². The number of Topliss-reactive ketones (excluding diaryl/α,β-unsaturated/α-hetero) is 1. The highest BCUT2D eigenvalue weighted by Crippen LogP contribution is 2.18. The summed E-state index contributed by atoms with van der Waals surface area (Å²) in [6.07, 6.45) is 1.19. The molecule has 0 amide bonds. The molecule has 104 valence electrons. The Balaban J connectivity index is 2.24. The number of ketones is 1. The van der Waals surface area contributed by atoms with Crippen LogP contribution < -0.4 is 0 Å². The summed E-state index contributed by atoms with van der Waals surface area (Å²) in [5, 5.41) is 4.21. The van der Waals surface area contributed by atoms with Gasteiger partial charge in [0.25, 0.3) is 0 Å². The number of aromatic nitrogens is 3. The lowest BCUT2D eigenvalue weighted by Crippen LogP contribution is -2.18. The van der Waals surface area contributed by atoms with E-state index >= 15 is 0 Å². The maximum atomic E-state index is 12.2. The molecule has 0 aliphatic heterocycles. The summed E-state index contributed by atoms with van der Waals surface area (Å²) < 4.78 is 5.75. The van der Waals surface area contributed by atoms with Gasteiger partial charge in [0.1, 0.15) is 12.9 Å². The minimum Gasteiger partial charge on any atom is -0.463 e. The number of hydrogen-bond donors (Lipinski definition) is 0. The van der Waals surface area contributed by atoms with Crippen molar-refractivity contribution in [3.05, 3.63) is 46.5 Å². The summed E-state index contributed by atoms with van der Waals surface area (Å²) in [6.45, 7) is 1.75. The van der Waals surface area contributed by atoms with Crippen molar-refractivity contribution in [2.24, 2.45) is 0 Å². The summed E-state index contributed by atoms with van der Waals surface area (Å²) >= 11 is 6.04. The highest BCUT2D eigenvalue weighted by molar-refractivity contribution is 6.34. The Morgan fingerprint density at radius 1 is 1.40 bits per heavy atom. The van der Waals surface area contributed by atoms with Crippen LogP contribution in [0.1, 0.15) is 26.5 Å². The van der Waals surface area contributed by atoms with Crippen molar-refractivity contribution >= 4 is 23.4 Å². The molecule has 2 rings (SSSR count). The van der Waals surface area contributed by atoms with Gasteiger partial charge in [-0.15, -0.1) is 0 Å². The highest BCUT2D eigenvalue weighted by Gasteiger charge is 2.18.